The van der Waals surface area contributed by atoms with Crippen molar-refractivity contribution < 1.29 is 0 Å². The second-order valence-electron chi connectivity index (χ2n) is 3.93. The minimum atomic E-state index is 0.316. The Hall–Kier alpha value is -1.28. The van der Waals surface area contributed by atoms with Gasteiger partial charge in [0.25, 0.3) is 0 Å². The first-order valence-electron chi connectivity index (χ1n) is 4.94. The maximum atomic E-state index is 6.18. The number of halogens is 1. The van der Waals surface area contributed by atoms with E-state index >= 15 is 0 Å². The first-order chi connectivity index (χ1) is 7.09. The number of hydrogen-bond donors (Lipinski definition) is 1. The molecule has 2 rings (SSSR count). The predicted molar refractivity (Wildman–Crippen MR) is 65.3 cm³/mol. The lowest BCUT2D eigenvalue weighted by Crippen LogP contribution is -1.99. The third-order valence-electron chi connectivity index (χ3n) is 2.40. The van der Waals surface area contributed by atoms with Crippen molar-refractivity contribution >= 4 is 28.2 Å². The fraction of sp³-hybridized carbons (Fsp3) is 0.250. The van der Waals surface area contributed by atoms with Crippen LogP contribution in [0.5, 0.6) is 0 Å². The molecule has 1 aromatic carbocycles. The molecule has 0 saturated carbocycles. The number of rotatable bonds is 1. The summed E-state index contributed by atoms with van der Waals surface area (Å²) in [6.07, 6.45) is 0. The predicted octanol–water partition coefficient (Wildman–Crippen LogP) is 3.59. The van der Waals surface area contributed by atoms with Crippen molar-refractivity contribution in [2.24, 2.45) is 0 Å². The van der Waals surface area contributed by atoms with Crippen molar-refractivity contribution in [2.45, 2.75) is 19.8 Å². The maximum absolute atomic E-state index is 6.18. The quantitative estimate of drug-likeness (QED) is 0.798. The van der Waals surface area contributed by atoms with E-state index in [9.17, 15) is 0 Å². The van der Waals surface area contributed by atoms with E-state index in [0.29, 0.717) is 11.7 Å². The molecule has 3 heteroatoms. The van der Waals surface area contributed by atoms with Crippen LogP contribution in [0.1, 0.15) is 25.5 Å². The highest BCUT2D eigenvalue weighted by Crippen LogP contribution is 2.30. The Morgan fingerprint density at radius 3 is 2.73 bits per heavy atom. The molecule has 0 aliphatic heterocycles. The van der Waals surface area contributed by atoms with Crippen LogP contribution in [0.3, 0.4) is 0 Å². The van der Waals surface area contributed by atoms with Crippen LogP contribution in [-0.4, -0.2) is 4.98 Å². The number of anilines is 1. The van der Waals surface area contributed by atoms with Crippen LogP contribution in [-0.2, 0) is 0 Å². The molecule has 1 heterocycles. The van der Waals surface area contributed by atoms with Crippen molar-refractivity contribution in [1.29, 1.82) is 0 Å². The Morgan fingerprint density at radius 1 is 1.33 bits per heavy atom. The number of nitrogens with two attached hydrogens (primary N) is 1. The van der Waals surface area contributed by atoms with E-state index < -0.39 is 0 Å². The number of pyridine rings is 1. The minimum absolute atomic E-state index is 0.316. The van der Waals surface area contributed by atoms with Crippen LogP contribution in [0.4, 0.5) is 5.82 Å². The Kier molecular flexibility index (Phi) is 2.53. The maximum Gasteiger partial charge on any atom is 0.124 e. The van der Waals surface area contributed by atoms with E-state index in [0.717, 1.165) is 21.5 Å². The molecule has 2 N–H and O–H groups in total. The highest BCUT2D eigenvalue weighted by molar-refractivity contribution is 6.35. The second-order valence-corrected chi connectivity index (χ2v) is 4.33. The number of benzene rings is 1. The molecule has 0 amide bonds. The molecule has 0 radical (unpaired) electrons. The van der Waals surface area contributed by atoms with Crippen LogP contribution in [0.2, 0.25) is 5.02 Å². The van der Waals surface area contributed by atoms with E-state index in [2.05, 4.69) is 18.8 Å². The molecule has 0 spiro atoms. The third-order valence-corrected chi connectivity index (χ3v) is 2.72. The van der Waals surface area contributed by atoms with Gasteiger partial charge in [0.1, 0.15) is 5.82 Å². The topological polar surface area (TPSA) is 38.9 Å². The van der Waals surface area contributed by atoms with Crippen molar-refractivity contribution in [3.8, 4) is 0 Å². The Bertz CT molecular complexity index is 506. The summed E-state index contributed by atoms with van der Waals surface area (Å²) in [5.41, 5.74) is 6.73. The van der Waals surface area contributed by atoms with Gasteiger partial charge in [-0.3, -0.25) is 0 Å². The first-order valence-corrected chi connectivity index (χ1v) is 5.32. The van der Waals surface area contributed by atoms with Gasteiger partial charge in [0, 0.05) is 5.39 Å². The number of nitrogen functional groups attached to an aromatic ring is 1. The van der Waals surface area contributed by atoms with Crippen molar-refractivity contribution in [2.75, 3.05) is 5.73 Å². The lowest BCUT2D eigenvalue weighted by atomic mass is 10.0. The average molecular weight is 221 g/mol. The number of hydrogen-bond acceptors (Lipinski definition) is 2. The molecule has 2 nitrogen and oxygen atoms in total. The number of aromatic nitrogens is 1. The molecule has 0 aliphatic carbocycles. The smallest absolute Gasteiger partial charge is 0.124 e. The summed E-state index contributed by atoms with van der Waals surface area (Å²) in [7, 11) is 0. The Morgan fingerprint density at radius 2 is 2.07 bits per heavy atom. The Labute approximate surface area is 94.1 Å². The van der Waals surface area contributed by atoms with Crippen LogP contribution in [0.25, 0.3) is 10.8 Å². The zero-order valence-corrected chi connectivity index (χ0v) is 9.55. The standard InChI is InChI=1S/C12H13ClN2/c1-7(2)12-11-8(6-10(14)15-12)4-3-5-9(11)13/h3-7H,1-2H3,(H2,14,15). The average Bonchev–Trinajstić information content (AvgIpc) is 2.16. The zero-order chi connectivity index (χ0) is 11.0. The van der Waals surface area contributed by atoms with Gasteiger partial charge in [0.05, 0.1) is 10.7 Å². The lowest BCUT2D eigenvalue weighted by molar-refractivity contribution is 0.837. The van der Waals surface area contributed by atoms with E-state index in [1.807, 2.05) is 24.3 Å². The number of fused-ring (bicyclic) bond motifs is 1. The van der Waals surface area contributed by atoms with Gasteiger partial charge < -0.3 is 5.73 Å². The summed E-state index contributed by atoms with van der Waals surface area (Å²) in [6.45, 7) is 4.18. The fourth-order valence-electron chi connectivity index (χ4n) is 1.74. The Balaban J connectivity index is 2.88. The summed E-state index contributed by atoms with van der Waals surface area (Å²) in [5.74, 6) is 0.865. The molecule has 0 unspecified atom stereocenters. The second kappa shape index (κ2) is 3.70. The molecular weight excluding hydrogens is 208 g/mol. The summed E-state index contributed by atoms with van der Waals surface area (Å²) < 4.78 is 0. The molecule has 0 aliphatic rings. The van der Waals surface area contributed by atoms with Crippen molar-refractivity contribution in [1.82, 2.24) is 4.98 Å². The summed E-state index contributed by atoms with van der Waals surface area (Å²) in [4.78, 5) is 4.35. The largest absolute Gasteiger partial charge is 0.384 e. The van der Waals surface area contributed by atoms with E-state index in [1.165, 1.54) is 0 Å². The van der Waals surface area contributed by atoms with Crippen LogP contribution < -0.4 is 5.73 Å². The van der Waals surface area contributed by atoms with Gasteiger partial charge in [0.2, 0.25) is 0 Å². The van der Waals surface area contributed by atoms with Gasteiger partial charge in [-0.05, 0) is 23.4 Å². The summed E-state index contributed by atoms with van der Waals surface area (Å²) in [5, 5.41) is 2.81. The van der Waals surface area contributed by atoms with Crippen LogP contribution in [0, 0.1) is 0 Å². The molecule has 2 aromatic rings. The molecule has 0 atom stereocenters. The first kappa shape index (κ1) is 10.2. The number of nitrogens with zero attached hydrogens (tertiary/aromatic N) is 1. The fourth-order valence-corrected chi connectivity index (χ4v) is 2.01. The molecule has 15 heavy (non-hydrogen) atoms. The van der Waals surface area contributed by atoms with Crippen LogP contribution in [0.15, 0.2) is 24.3 Å². The molecule has 1 aromatic heterocycles. The molecule has 0 saturated heterocycles. The SMILES string of the molecule is CC(C)c1nc(N)cc2cccc(Cl)c12. The normalized spacial score (nSPS) is 11.2. The molecule has 78 valence electrons. The monoisotopic (exact) mass is 220 g/mol. The zero-order valence-electron chi connectivity index (χ0n) is 8.79. The lowest BCUT2D eigenvalue weighted by Gasteiger charge is -2.11. The van der Waals surface area contributed by atoms with Crippen LogP contribution >= 0.6 is 11.6 Å². The van der Waals surface area contributed by atoms with Gasteiger partial charge >= 0.3 is 0 Å². The van der Waals surface area contributed by atoms with Gasteiger partial charge in [-0.2, -0.15) is 0 Å². The van der Waals surface area contributed by atoms with E-state index in [1.54, 1.807) is 0 Å². The minimum Gasteiger partial charge on any atom is -0.384 e. The van der Waals surface area contributed by atoms with Gasteiger partial charge in [0.15, 0.2) is 0 Å². The summed E-state index contributed by atoms with van der Waals surface area (Å²) in [6, 6.07) is 7.67. The van der Waals surface area contributed by atoms with Gasteiger partial charge in [-0.15, -0.1) is 0 Å². The van der Waals surface area contributed by atoms with Gasteiger partial charge in [-0.1, -0.05) is 37.6 Å². The van der Waals surface area contributed by atoms with E-state index in [4.69, 9.17) is 17.3 Å². The third kappa shape index (κ3) is 1.77. The van der Waals surface area contributed by atoms with Crippen molar-refractivity contribution in [3.05, 3.63) is 35.0 Å². The highest BCUT2D eigenvalue weighted by Gasteiger charge is 2.10. The highest BCUT2D eigenvalue weighted by atomic mass is 35.5. The summed E-state index contributed by atoms with van der Waals surface area (Å²) >= 11 is 6.18. The molecule has 0 bridgehead atoms. The van der Waals surface area contributed by atoms with Crippen molar-refractivity contribution in [3.63, 3.8) is 0 Å². The van der Waals surface area contributed by atoms with E-state index in [-0.39, 0.29) is 0 Å². The van der Waals surface area contributed by atoms with Gasteiger partial charge in [-0.25, -0.2) is 4.98 Å². The molecule has 0 fully saturated rings. The molecular formula is C12H13ClN2.